The number of methoxy groups -OCH3 is 1. The van der Waals surface area contributed by atoms with Crippen LogP contribution in [0.4, 0.5) is 0 Å². The van der Waals surface area contributed by atoms with Crippen molar-refractivity contribution in [3.05, 3.63) is 30.0 Å². The van der Waals surface area contributed by atoms with Crippen molar-refractivity contribution in [3.8, 4) is 5.75 Å². The standard InChI is InChI=1S/C13H16N2O2/c1-3-6-14-13(16)11-8-15-12-7-9(17-2)4-5-10(11)12/h4-5,7-8,15H,3,6H2,1-2H3,(H,14,16). The van der Waals surface area contributed by atoms with E-state index in [4.69, 9.17) is 4.74 Å². The molecule has 4 heteroatoms. The van der Waals surface area contributed by atoms with Crippen molar-refractivity contribution in [2.75, 3.05) is 13.7 Å². The van der Waals surface area contributed by atoms with Gasteiger partial charge >= 0.3 is 0 Å². The van der Waals surface area contributed by atoms with E-state index < -0.39 is 0 Å². The molecule has 0 aliphatic heterocycles. The average Bonchev–Trinajstić information content (AvgIpc) is 2.78. The third-order valence-electron chi connectivity index (χ3n) is 2.67. The summed E-state index contributed by atoms with van der Waals surface area (Å²) in [4.78, 5) is 15.0. The van der Waals surface area contributed by atoms with E-state index in [1.807, 2.05) is 25.1 Å². The molecular formula is C13H16N2O2. The summed E-state index contributed by atoms with van der Waals surface area (Å²) >= 11 is 0. The maximum atomic E-state index is 11.9. The van der Waals surface area contributed by atoms with Crippen molar-refractivity contribution in [1.82, 2.24) is 10.3 Å². The highest BCUT2D eigenvalue weighted by atomic mass is 16.5. The molecule has 1 heterocycles. The first-order valence-corrected chi connectivity index (χ1v) is 5.69. The summed E-state index contributed by atoms with van der Waals surface area (Å²) in [5.41, 5.74) is 1.59. The number of H-pyrrole nitrogens is 1. The molecule has 1 aromatic heterocycles. The first-order valence-electron chi connectivity index (χ1n) is 5.69. The lowest BCUT2D eigenvalue weighted by Crippen LogP contribution is -2.23. The molecular weight excluding hydrogens is 216 g/mol. The second-order valence-electron chi connectivity index (χ2n) is 3.87. The van der Waals surface area contributed by atoms with Gasteiger partial charge in [0.2, 0.25) is 0 Å². The number of aromatic nitrogens is 1. The van der Waals surface area contributed by atoms with Crippen LogP contribution < -0.4 is 10.1 Å². The van der Waals surface area contributed by atoms with E-state index >= 15 is 0 Å². The van der Waals surface area contributed by atoms with Gasteiger partial charge in [-0.2, -0.15) is 0 Å². The SMILES string of the molecule is CCCNC(=O)c1c[nH]c2cc(OC)ccc12. The number of benzene rings is 1. The molecule has 0 saturated carbocycles. The number of amides is 1. The number of carbonyl (C=O) groups excluding carboxylic acids is 1. The van der Waals surface area contributed by atoms with Gasteiger partial charge in [-0.15, -0.1) is 0 Å². The number of ether oxygens (including phenoxy) is 1. The Labute approximate surface area is 100.0 Å². The lowest BCUT2D eigenvalue weighted by Gasteiger charge is -2.02. The van der Waals surface area contributed by atoms with E-state index in [0.29, 0.717) is 12.1 Å². The van der Waals surface area contributed by atoms with Gasteiger partial charge in [-0.05, 0) is 18.6 Å². The van der Waals surface area contributed by atoms with Gasteiger partial charge < -0.3 is 15.0 Å². The molecule has 0 atom stereocenters. The van der Waals surface area contributed by atoms with Crippen LogP contribution in [0, 0.1) is 0 Å². The fraction of sp³-hybridized carbons (Fsp3) is 0.308. The fourth-order valence-corrected chi connectivity index (χ4v) is 1.75. The fourth-order valence-electron chi connectivity index (χ4n) is 1.75. The number of aromatic amines is 1. The number of fused-ring (bicyclic) bond motifs is 1. The van der Waals surface area contributed by atoms with Crippen molar-refractivity contribution in [3.63, 3.8) is 0 Å². The Balaban J connectivity index is 2.33. The Bertz CT molecular complexity index is 531. The summed E-state index contributed by atoms with van der Waals surface area (Å²) in [6.45, 7) is 2.72. The number of nitrogens with one attached hydrogen (secondary N) is 2. The van der Waals surface area contributed by atoms with E-state index in [2.05, 4.69) is 10.3 Å². The van der Waals surface area contributed by atoms with Gasteiger partial charge in [0.25, 0.3) is 5.91 Å². The molecule has 0 fully saturated rings. The molecule has 90 valence electrons. The molecule has 0 unspecified atom stereocenters. The summed E-state index contributed by atoms with van der Waals surface area (Å²) in [7, 11) is 1.62. The van der Waals surface area contributed by atoms with Crippen LogP contribution in [0.25, 0.3) is 10.9 Å². The predicted molar refractivity (Wildman–Crippen MR) is 67.5 cm³/mol. The van der Waals surface area contributed by atoms with Crippen LogP contribution >= 0.6 is 0 Å². The molecule has 0 bridgehead atoms. The highest BCUT2D eigenvalue weighted by molar-refractivity contribution is 6.06. The Hall–Kier alpha value is -1.97. The van der Waals surface area contributed by atoms with Crippen LogP contribution in [0.1, 0.15) is 23.7 Å². The van der Waals surface area contributed by atoms with Crippen LogP contribution in [0.3, 0.4) is 0 Å². The molecule has 1 amide bonds. The van der Waals surface area contributed by atoms with E-state index in [1.165, 1.54) is 0 Å². The molecule has 0 saturated heterocycles. The summed E-state index contributed by atoms with van der Waals surface area (Å²) in [5, 5.41) is 3.78. The first kappa shape index (κ1) is 11.5. The van der Waals surface area contributed by atoms with Gasteiger partial charge in [0.15, 0.2) is 0 Å². The van der Waals surface area contributed by atoms with Crippen LogP contribution in [-0.2, 0) is 0 Å². The van der Waals surface area contributed by atoms with E-state index in [1.54, 1.807) is 13.3 Å². The number of rotatable bonds is 4. The molecule has 4 nitrogen and oxygen atoms in total. The molecule has 17 heavy (non-hydrogen) atoms. The molecule has 0 spiro atoms. The third kappa shape index (κ3) is 2.25. The van der Waals surface area contributed by atoms with Crippen molar-refractivity contribution in [1.29, 1.82) is 0 Å². The highest BCUT2D eigenvalue weighted by Crippen LogP contribution is 2.22. The van der Waals surface area contributed by atoms with Gasteiger partial charge in [-0.3, -0.25) is 4.79 Å². The predicted octanol–water partition coefficient (Wildman–Crippen LogP) is 2.32. The van der Waals surface area contributed by atoms with Crippen molar-refractivity contribution in [2.24, 2.45) is 0 Å². The van der Waals surface area contributed by atoms with Gasteiger partial charge in [-0.1, -0.05) is 6.92 Å². The van der Waals surface area contributed by atoms with E-state index in [0.717, 1.165) is 23.1 Å². The van der Waals surface area contributed by atoms with Crippen LogP contribution in [0.2, 0.25) is 0 Å². The zero-order chi connectivity index (χ0) is 12.3. The molecule has 2 N–H and O–H groups in total. The van der Waals surface area contributed by atoms with Crippen molar-refractivity contribution < 1.29 is 9.53 Å². The quantitative estimate of drug-likeness (QED) is 0.850. The minimum absolute atomic E-state index is 0.0386. The van der Waals surface area contributed by atoms with Crippen molar-refractivity contribution >= 4 is 16.8 Å². The Morgan fingerprint density at radius 3 is 3.00 bits per heavy atom. The lowest BCUT2D eigenvalue weighted by molar-refractivity contribution is 0.0955. The molecule has 2 aromatic rings. The topological polar surface area (TPSA) is 54.1 Å². The largest absolute Gasteiger partial charge is 0.497 e. The van der Waals surface area contributed by atoms with Gasteiger partial charge in [0.1, 0.15) is 5.75 Å². The first-order chi connectivity index (χ1) is 8.26. The maximum absolute atomic E-state index is 11.9. The third-order valence-corrected chi connectivity index (χ3v) is 2.67. The molecule has 1 aromatic carbocycles. The second kappa shape index (κ2) is 4.91. The minimum Gasteiger partial charge on any atom is -0.497 e. The Morgan fingerprint density at radius 2 is 2.29 bits per heavy atom. The normalized spacial score (nSPS) is 10.5. The smallest absolute Gasteiger partial charge is 0.253 e. The number of carbonyl (C=O) groups is 1. The highest BCUT2D eigenvalue weighted by Gasteiger charge is 2.11. The van der Waals surface area contributed by atoms with Gasteiger partial charge in [-0.25, -0.2) is 0 Å². The van der Waals surface area contributed by atoms with Crippen molar-refractivity contribution in [2.45, 2.75) is 13.3 Å². The minimum atomic E-state index is -0.0386. The summed E-state index contributed by atoms with van der Waals surface area (Å²) in [6.07, 6.45) is 2.66. The Morgan fingerprint density at radius 1 is 1.47 bits per heavy atom. The molecule has 0 aliphatic carbocycles. The average molecular weight is 232 g/mol. The molecule has 0 radical (unpaired) electrons. The lowest BCUT2D eigenvalue weighted by atomic mass is 10.1. The van der Waals surface area contributed by atoms with Crippen LogP contribution in [0.5, 0.6) is 5.75 Å². The van der Waals surface area contributed by atoms with Gasteiger partial charge in [0, 0.05) is 29.7 Å². The number of hydrogen-bond acceptors (Lipinski definition) is 2. The van der Waals surface area contributed by atoms with Crippen LogP contribution in [0.15, 0.2) is 24.4 Å². The zero-order valence-electron chi connectivity index (χ0n) is 10.0. The summed E-state index contributed by atoms with van der Waals surface area (Å²) < 4.78 is 5.14. The van der Waals surface area contributed by atoms with E-state index in [-0.39, 0.29) is 5.91 Å². The monoisotopic (exact) mass is 232 g/mol. The van der Waals surface area contributed by atoms with Gasteiger partial charge in [0.05, 0.1) is 12.7 Å². The number of hydrogen-bond donors (Lipinski definition) is 2. The summed E-state index contributed by atoms with van der Waals surface area (Å²) in [5.74, 6) is 0.739. The molecule has 2 rings (SSSR count). The van der Waals surface area contributed by atoms with Crippen LogP contribution in [-0.4, -0.2) is 24.5 Å². The van der Waals surface area contributed by atoms with E-state index in [9.17, 15) is 4.79 Å². The summed E-state index contributed by atoms with van der Waals surface area (Å²) in [6, 6.07) is 5.63. The maximum Gasteiger partial charge on any atom is 0.253 e. The Kier molecular flexibility index (Phi) is 3.32. The second-order valence-corrected chi connectivity index (χ2v) is 3.87. The molecule has 0 aliphatic rings. The zero-order valence-corrected chi connectivity index (χ0v) is 10.0.